The van der Waals surface area contributed by atoms with Gasteiger partial charge < -0.3 is 9.15 Å². The molecular weight excluding hydrogens is 502 g/mol. The molecule has 0 N–H and O–H groups in total. The van der Waals surface area contributed by atoms with Gasteiger partial charge in [0.2, 0.25) is 0 Å². The topological polar surface area (TPSA) is 117 Å². The molecule has 0 saturated heterocycles. The van der Waals surface area contributed by atoms with Gasteiger partial charge in [0.15, 0.2) is 4.80 Å². The molecule has 5 rings (SSSR count). The summed E-state index contributed by atoms with van der Waals surface area (Å²) in [7, 11) is 0. The van der Waals surface area contributed by atoms with E-state index in [1.165, 1.54) is 39.4 Å². The van der Waals surface area contributed by atoms with Gasteiger partial charge in [-0.05, 0) is 37.4 Å². The lowest BCUT2D eigenvalue weighted by Crippen LogP contribution is -2.39. The first-order valence-electron chi connectivity index (χ1n) is 10.9. The van der Waals surface area contributed by atoms with E-state index in [0.29, 0.717) is 37.7 Å². The van der Waals surface area contributed by atoms with E-state index in [1.807, 2.05) is 17.5 Å². The normalized spacial score (nSPS) is 15.5. The number of nitrogens with zero attached hydrogens (tertiary/aromatic N) is 3. The molecule has 36 heavy (non-hydrogen) atoms. The van der Waals surface area contributed by atoms with Crippen molar-refractivity contribution >= 4 is 40.4 Å². The van der Waals surface area contributed by atoms with Crippen LogP contribution in [0.4, 0.5) is 5.69 Å². The van der Waals surface area contributed by atoms with Crippen LogP contribution in [0.15, 0.2) is 79.4 Å². The van der Waals surface area contributed by atoms with E-state index in [0.717, 1.165) is 4.88 Å². The monoisotopic (exact) mass is 521 g/mol. The van der Waals surface area contributed by atoms with Crippen LogP contribution in [0.2, 0.25) is 0 Å². The molecule has 0 fully saturated rings. The number of thiazole rings is 1. The lowest BCUT2D eigenvalue weighted by molar-refractivity contribution is -0.384. The average Bonchev–Trinajstić information content (AvgIpc) is 3.60. The van der Waals surface area contributed by atoms with E-state index < -0.39 is 16.9 Å². The van der Waals surface area contributed by atoms with E-state index in [2.05, 4.69) is 4.99 Å². The van der Waals surface area contributed by atoms with Gasteiger partial charge in [0, 0.05) is 28.6 Å². The smallest absolute Gasteiger partial charge is 0.338 e. The molecule has 1 aliphatic rings. The van der Waals surface area contributed by atoms with Crippen molar-refractivity contribution in [2.24, 2.45) is 4.99 Å². The number of hydrogen-bond acceptors (Lipinski definition) is 9. The summed E-state index contributed by atoms with van der Waals surface area (Å²) in [5.41, 5.74) is 1.05. The number of nitro benzene ring substituents is 1. The zero-order chi connectivity index (χ0) is 25.4. The van der Waals surface area contributed by atoms with E-state index >= 15 is 0 Å². The van der Waals surface area contributed by atoms with Gasteiger partial charge in [-0.25, -0.2) is 9.79 Å². The number of hydrogen-bond donors (Lipinski definition) is 0. The molecule has 3 aromatic heterocycles. The van der Waals surface area contributed by atoms with Gasteiger partial charge in [-0.3, -0.25) is 19.5 Å². The fraction of sp³-hybridized carbons (Fsp3) is 0.160. The minimum absolute atomic E-state index is 0.0416. The summed E-state index contributed by atoms with van der Waals surface area (Å²) in [6, 6.07) is 12.6. The van der Waals surface area contributed by atoms with E-state index in [9.17, 15) is 19.7 Å². The van der Waals surface area contributed by atoms with Crippen molar-refractivity contribution in [3.63, 3.8) is 0 Å². The molecular formula is C25H19N3O6S2. The van der Waals surface area contributed by atoms with Crippen LogP contribution in [-0.4, -0.2) is 22.1 Å². The molecule has 0 bridgehead atoms. The third kappa shape index (κ3) is 4.23. The molecule has 9 nitrogen and oxygen atoms in total. The number of furan rings is 1. The Labute approximate surface area is 212 Å². The van der Waals surface area contributed by atoms with Crippen LogP contribution >= 0.6 is 22.7 Å². The van der Waals surface area contributed by atoms with Crippen molar-refractivity contribution in [1.29, 1.82) is 0 Å². The number of ether oxygens (including phenoxy) is 1. The Bertz CT molecular complexity index is 1690. The first-order valence-corrected chi connectivity index (χ1v) is 12.6. The fourth-order valence-electron chi connectivity index (χ4n) is 4.00. The number of allylic oxidation sites excluding steroid dienone is 1. The zero-order valence-corrected chi connectivity index (χ0v) is 20.8. The molecule has 1 unspecified atom stereocenters. The molecule has 1 atom stereocenters. The zero-order valence-electron chi connectivity index (χ0n) is 19.2. The molecule has 182 valence electrons. The molecule has 0 radical (unpaired) electrons. The minimum atomic E-state index is -0.639. The van der Waals surface area contributed by atoms with Gasteiger partial charge in [-0.15, -0.1) is 11.3 Å². The van der Waals surface area contributed by atoms with E-state index in [-0.39, 0.29) is 17.9 Å². The largest absolute Gasteiger partial charge is 0.463 e. The van der Waals surface area contributed by atoms with Crippen LogP contribution in [0, 0.1) is 10.1 Å². The highest BCUT2D eigenvalue weighted by Gasteiger charge is 2.33. The van der Waals surface area contributed by atoms with Crippen LogP contribution in [0.1, 0.15) is 30.5 Å². The number of non-ortho nitro benzene ring substituents is 1. The van der Waals surface area contributed by atoms with Crippen molar-refractivity contribution in [1.82, 2.24) is 4.57 Å². The highest BCUT2D eigenvalue weighted by atomic mass is 32.1. The van der Waals surface area contributed by atoms with Crippen molar-refractivity contribution in [2.45, 2.75) is 19.9 Å². The van der Waals surface area contributed by atoms with E-state index in [1.54, 1.807) is 44.2 Å². The van der Waals surface area contributed by atoms with Crippen LogP contribution in [0.3, 0.4) is 0 Å². The number of thiophene rings is 1. The Kier molecular flexibility index (Phi) is 6.25. The van der Waals surface area contributed by atoms with Gasteiger partial charge in [-0.2, -0.15) is 0 Å². The van der Waals surface area contributed by atoms with Crippen molar-refractivity contribution < 1.29 is 18.9 Å². The summed E-state index contributed by atoms with van der Waals surface area (Å²) < 4.78 is 13.1. The second-order valence-electron chi connectivity index (χ2n) is 7.83. The van der Waals surface area contributed by atoms with Gasteiger partial charge in [-0.1, -0.05) is 29.5 Å². The first-order chi connectivity index (χ1) is 17.4. The Hall–Kier alpha value is -4.09. The first kappa shape index (κ1) is 23.6. The Morgan fingerprint density at radius 2 is 2.11 bits per heavy atom. The van der Waals surface area contributed by atoms with Crippen molar-refractivity contribution in [3.05, 3.63) is 106 Å². The third-order valence-electron chi connectivity index (χ3n) is 5.57. The number of rotatable bonds is 6. The predicted molar refractivity (Wildman–Crippen MR) is 136 cm³/mol. The quantitative estimate of drug-likeness (QED) is 0.215. The number of carbonyl (C=O) groups excluding carboxylic acids is 1. The van der Waals surface area contributed by atoms with Gasteiger partial charge in [0.05, 0.1) is 27.3 Å². The molecule has 0 aliphatic carbocycles. The molecule has 0 spiro atoms. The summed E-state index contributed by atoms with van der Waals surface area (Å²) in [5.74, 6) is 0.351. The third-order valence-corrected chi connectivity index (χ3v) is 7.48. The van der Waals surface area contributed by atoms with Crippen LogP contribution in [0.25, 0.3) is 17.4 Å². The van der Waals surface area contributed by atoms with Crippen molar-refractivity contribution in [2.75, 3.05) is 6.61 Å². The molecule has 4 heterocycles. The highest BCUT2D eigenvalue weighted by Crippen LogP contribution is 2.33. The molecule has 11 heteroatoms. The van der Waals surface area contributed by atoms with Gasteiger partial charge in [0.25, 0.3) is 11.2 Å². The second kappa shape index (κ2) is 9.51. The molecule has 4 aromatic rings. The highest BCUT2D eigenvalue weighted by molar-refractivity contribution is 7.10. The average molecular weight is 522 g/mol. The Balaban J connectivity index is 1.60. The van der Waals surface area contributed by atoms with Crippen LogP contribution < -0.4 is 14.9 Å². The number of carbonyl (C=O) groups is 1. The van der Waals surface area contributed by atoms with Gasteiger partial charge in [0.1, 0.15) is 17.6 Å². The molecule has 0 amide bonds. The summed E-state index contributed by atoms with van der Waals surface area (Å²) in [5, 5.41) is 13.0. The van der Waals surface area contributed by atoms with E-state index in [4.69, 9.17) is 9.15 Å². The lowest BCUT2D eigenvalue weighted by atomic mass is 10.0. The minimum Gasteiger partial charge on any atom is -0.463 e. The molecule has 1 aromatic carbocycles. The Morgan fingerprint density at radius 3 is 2.83 bits per heavy atom. The summed E-state index contributed by atoms with van der Waals surface area (Å²) >= 11 is 2.64. The van der Waals surface area contributed by atoms with Gasteiger partial charge >= 0.3 is 5.97 Å². The number of aromatic nitrogens is 1. The predicted octanol–water partition coefficient (Wildman–Crippen LogP) is 4.03. The second-order valence-corrected chi connectivity index (χ2v) is 9.82. The molecule has 0 saturated carbocycles. The maximum atomic E-state index is 13.5. The van der Waals surface area contributed by atoms with Crippen LogP contribution in [-0.2, 0) is 9.53 Å². The lowest BCUT2D eigenvalue weighted by Gasteiger charge is -2.23. The maximum absolute atomic E-state index is 13.5. The SMILES string of the molecule is CCOC(=O)C1=C(C)N=c2s/c(=C\c3ccc(-c4cccc([N+](=O)[O-])c4)o3)c(=O)n2C1c1cccs1. The molecule has 1 aliphatic heterocycles. The number of nitro groups is 1. The number of benzene rings is 1. The summed E-state index contributed by atoms with van der Waals surface area (Å²) in [6.45, 7) is 3.68. The van der Waals surface area contributed by atoms with Crippen molar-refractivity contribution in [3.8, 4) is 11.3 Å². The van der Waals surface area contributed by atoms with Crippen LogP contribution in [0.5, 0.6) is 0 Å². The number of esters is 1. The summed E-state index contributed by atoms with van der Waals surface area (Å²) in [4.78, 5) is 42.8. The standard InChI is InChI=1S/C25H19N3O6S2/c1-3-33-24(30)21-14(2)26-25-27(22(21)19-8-5-11-35-19)23(29)20(36-25)13-17-9-10-18(34-17)15-6-4-7-16(12-15)28(31)32/h4-13,22H,3H2,1-2H3/b20-13-. The fourth-order valence-corrected chi connectivity index (χ4v) is 5.85. The number of fused-ring (bicyclic) bond motifs is 1. The maximum Gasteiger partial charge on any atom is 0.338 e. The Morgan fingerprint density at radius 1 is 1.28 bits per heavy atom. The summed E-state index contributed by atoms with van der Waals surface area (Å²) in [6.07, 6.45) is 1.61.